The van der Waals surface area contributed by atoms with Gasteiger partial charge in [-0.25, -0.2) is 9.97 Å². The minimum atomic E-state index is 0.408. The van der Waals surface area contributed by atoms with Crippen LogP contribution >= 0.6 is 11.6 Å². The highest BCUT2D eigenvalue weighted by Crippen LogP contribution is 2.21. The van der Waals surface area contributed by atoms with Crippen molar-refractivity contribution < 1.29 is 4.52 Å². The first-order valence-electron chi connectivity index (χ1n) is 3.66. The summed E-state index contributed by atoms with van der Waals surface area (Å²) in [5, 5.41) is 4.06. The molecule has 5 heteroatoms. The van der Waals surface area contributed by atoms with Crippen LogP contribution in [0.2, 0.25) is 5.15 Å². The van der Waals surface area contributed by atoms with Crippen LogP contribution in [0.25, 0.3) is 11.3 Å². The summed E-state index contributed by atoms with van der Waals surface area (Å²) < 4.78 is 4.91. The molecular formula is C8H6ClN3O. The molecule has 0 aromatic carbocycles. The van der Waals surface area contributed by atoms with Gasteiger partial charge in [-0.15, -0.1) is 0 Å². The molecule has 0 saturated heterocycles. The maximum Gasteiger partial charge on any atom is 0.143 e. The van der Waals surface area contributed by atoms with E-state index in [9.17, 15) is 0 Å². The number of nitrogens with zero attached hydrogens (tertiary/aromatic N) is 3. The first-order valence-corrected chi connectivity index (χ1v) is 4.04. The molecule has 0 spiro atoms. The number of hydrogen-bond donors (Lipinski definition) is 0. The van der Waals surface area contributed by atoms with Gasteiger partial charge in [0, 0.05) is 6.07 Å². The zero-order valence-electron chi connectivity index (χ0n) is 6.86. The second-order valence-corrected chi connectivity index (χ2v) is 2.91. The van der Waals surface area contributed by atoms with Gasteiger partial charge in [0.05, 0.1) is 17.5 Å². The van der Waals surface area contributed by atoms with Crippen LogP contribution in [0, 0.1) is 6.92 Å². The third kappa shape index (κ3) is 1.53. The molecule has 0 aliphatic carbocycles. The molecule has 0 amide bonds. The number of hydrogen-bond acceptors (Lipinski definition) is 4. The van der Waals surface area contributed by atoms with Crippen molar-refractivity contribution in [3.05, 3.63) is 29.5 Å². The Bertz CT molecular complexity index is 427. The van der Waals surface area contributed by atoms with Crippen LogP contribution in [-0.4, -0.2) is 15.1 Å². The Morgan fingerprint density at radius 3 is 2.85 bits per heavy atom. The van der Waals surface area contributed by atoms with Crippen molar-refractivity contribution in [3.63, 3.8) is 0 Å². The normalized spacial score (nSPS) is 10.3. The average molecular weight is 196 g/mol. The predicted molar refractivity (Wildman–Crippen MR) is 47.3 cm³/mol. The van der Waals surface area contributed by atoms with E-state index in [1.807, 2.05) is 6.92 Å². The van der Waals surface area contributed by atoms with Crippen molar-refractivity contribution in [2.24, 2.45) is 0 Å². The van der Waals surface area contributed by atoms with E-state index >= 15 is 0 Å². The molecule has 2 aromatic heterocycles. The van der Waals surface area contributed by atoms with Crippen LogP contribution in [0.1, 0.15) is 5.76 Å². The van der Waals surface area contributed by atoms with Gasteiger partial charge < -0.3 is 4.52 Å². The molecular weight excluding hydrogens is 190 g/mol. The number of aryl methyl sites for hydroxylation is 1. The molecule has 0 saturated carbocycles. The van der Waals surface area contributed by atoms with E-state index in [1.165, 1.54) is 6.33 Å². The van der Waals surface area contributed by atoms with Crippen LogP contribution in [0.3, 0.4) is 0 Å². The molecule has 0 unspecified atom stereocenters. The Kier molecular flexibility index (Phi) is 1.98. The molecule has 13 heavy (non-hydrogen) atoms. The Balaban J connectivity index is 2.53. The summed E-state index contributed by atoms with van der Waals surface area (Å²) in [4.78, 5) is 7.83. The lowest BCUT2D eigenvalue weighted by atomic mass is 10.2. The molecule has 66 valence electrons. The molecule has 0 bridgehead atoms. The van der Waals surface area contributed by atoms with E-state index in [4.69, 9.17) is 16.1 Å². The van der Waals surface area contributed by atoms with Crippen molar-refractivity contribution >= 4 is 11.6 Å². The molecule has 0 N–H and O–H groups in total. The summed E-state index contributed by atoms with van der Waals surface area (Å²) in [7, 11) is 0. The predicted octanol–water partition coefficient (Wildman–Crippen LogP) is 2.09. The van der Waals surface area contributed by atoms with Crippen molar-refractivity contribution in [2.75, 3.05) is 0 Å². The largest absolute Gasteiger partial charge is 0.361 e. The van der Waals surface area contributed by atoms with Crippen molar-refractivity contribution in [3.8, 4) is 11.3 Å². The fraction of sp³-hybridized carbons (Fsp3) is 0.125. The lowest BCUT2D eigenvalue weighted by molar-refractivity contribution is 0.398. The van der Waals surface area contributed by atoms with E-state index < -0.39 is 0 Å². The summed E-state index contributed by atoms with van der Waals surface area (Å²) >= 11 is 5.71. The van der Waals surface area contributed by atoms with Gasteiger partial charge in [0.2, 0.25) is 0 Å². The summed E-state index contributed by atoms with van der Waals surface area (Å²) in [6.07, 6.45) is 3.01. The van der Waals surface area contributed by atoms with Gasteiger partial charge in [0.1, 0.15) is 17.2 Å². The molecule has 2 heterocycles. The van der Waals surface area contributed by atoms with Crippen LogP contribution in [0.4, 0.5) is 0 Å². The van der Waals surface area contributed by atoms with Crippen LogP contribution in [0.15, 0.2) is 23.1 Å². The lowest BCUT2D eigenvalue weighted by Gasteiger charge is -1.95. The van der Waals surface area contributed by atoms with Gasteiger partial charge in [-0.2, -0.15) is 0 Å². The Hall–Kier alpha value is -1.42. The molecule has 0 radical (unpaired) electrons. The second-order valence-electron chi connectivity index (χ2n) is 2.52. The summed E-state index contributed by atoms with van der Waals surface area (Å²) in [5.41, 5.74) is 1.56. The summed E-state index contributed by atoms with van der Waals surface area (Å²) in [6.45, 7) is 1.82. The standard InChI is InChI=1S/C8H6ClN3O/c1-5-6(3-12-13-5)7-2-8(9)11-4-10-7/h2-4H,1H3. The van der Waals surface area contributed by atoms with E-state index in [2.05, 4.69) is 15.1 Å². The molecule has 0 fully saturated rings. The second kappa shape index (κ2) is 3.14. The van der Waals surface area contributed by atoms with Crippen LogP contribution in [0.5, 0.6) is 0 Å². The van der Waals surface area contributed by atoms with Gasteiger partial charge in [0.15, 0.2) is 0 Å². The quantitative estimate of drug-likeness (QED) is 0.654. The highest BCUT2D eigenvalue weighted by atomic mass is 35.5. The van der Waals surface area contributed by atoms with Crippen molar-refractivity contribution in [1.29, 1.82) is 0 Å². The first-order chi connectivity index (χ1) is 6.27. The monoisotopic (exact) mass is 195 g/mol. The molecule has 0 atom stereocenters. The van der Waals surface area contributed by atoms with Crippen molar-refractivity contribution in [1.82, 2.24) is 15.1 Å². The minimum absolute atomic E-state index is 0.408. The van der Waals surface area contributed by atoms with E-state index in [0.29, 0.717) is 5.15 Å². The first kappa shape index (κ1) is 8.19. The third-order valence-electron chi connectivity index (χ3n) is 1.66. The van der Waals surface area contributed by atoms with Crippen LogP contribution in [-0.2, 0) is 0 Å². The summed E-state index contributed by atoms with van der Waals surface area (Å²) in [6, 6.07) is 1.67. The molecule has 0 aliphatic heterocycles. The topological polar surface area (TPSA) is 51.8 Å². The number of halogens is 1. The highest BCUT2D eigenvalue weighted by molar-refractivity contribution is 6.29. The van der Waals surface area contributed by atoms with E-state index in [1.54, 1.807) is 12.3 Å². The van der Waals surface area contributed by atoms with Gasteiger partial charge in [-0.1, -0.05) is 16.8 Å². The van der Waals surface area contributed by atoms with E-state index in [-0.39, 0.29) is 0 Å². The zero-order valence-corrected chi connectivity index (χ0v) is 7.62. The Labute approximate surface area is 79.6 Å². The highest BCUT2D eigenvalue weighted by Gasteiger charge is 2.07. The maximum atomic E-state index is 5.71. The lowest BCUT2D eigenvalue weighted by Crippen LogP contribution is -1.85. The summed E-state index contributed by atoms with van der Waals surface area (Å²) in [5.74, 6) is 0.717. The zero-order chi connectivity index (χ0) is 9.26. The maximum absolute atomic E-state index is 5.71. The third-order valence-corrected chi connectivity index (χ3v) is 1.87. The fourth-order valence-corrected chi connectivity index (χ4v) is 1.17. The van der Waals surface area contributed by atoms with Gasteiger partial charge in [0.25, 0.3) is 0 Å². The smallest absolute Gasteiger partial charge is 0.143 e. The van der Waals surface area contributed by atoms with Crippen molar-refractivity contribution in [2.45, 2.75) is 6.92 Å². The van der Waals surface area contributed by atoms with Gasteiger partial charge in [-0.05, 0) is 6.92 Å². The number of aromatic nitrogens is 3. The fourth-order valence-electron chi connectivity index (χ4n) is 1.03. The average Bonchev–Trinajstić information content (AvgIpc) is 2.51. The van der Waals surface area contributed by atoms with Crippen LogP contribution < -0.4 is 0 Å². The SMILES string of the molecule is Cc1oncc1-c1cc(Cl)ncn1. The Morgan fingerprint density at radius 2 is 2.23 bits per heavy atom. The molecule has 4 nitrogen and oxygen atoms in total. The Morgan fingerprint density at radius 1 is 1.38 bits per heavy atom. The molecule has 2 rings (SSSR count). The minimum Gasteiger partial charge on any atom is -0.361 e. The molecule has 2 aromatic rings. The molecule has 0 aliphatic rings. The number of rotatable bonds is 1. The van der Waals surface area contributed by atoms with E-state index in [0.717, 1.165) is 17.0 Å². The van der Waals surface area contributed by atoms with Gasteiger partial charge >= 0.3 is 0 Å². The van der Waals surface area contributed by atoms with Gasteiger partial charge in [-0.3, -0.25) is 0 Å².